The van der Waals surface area contributed by atoms with Crippen LogP contribution in [0.4, 0.5) is 9.18 Å². The van der Waals surface area contributed by atoms with E-state index in [1.165, 1.54) is 6.07 Å². The Balaban J connectivity index is 1.45. The number of nitrogens with zero attached hydrogens (tertiary/aromatic N) is 1. The Labute approximate surface area is 253 Å². The molecule has 2 heterocycles. The van der Waals surface area contributed by atoms with E-state index in [1.807, 2.05) is 33.8 Å². The number of allylic oxidation sites excluding steroid dienone is 1. The molecule has 0 radical (unpaired) electrons. The van der Waals surface area contributed by atoms with Crippen molar-refractivity contribution in [3.05, 3.63) is 35.7 Å². The van der Waals surface area contributed by atoms with E-state index in [9.17, 15) is 18.8 Å². The number of rotatable bonds is 7. The van der Waals surface area contributed by atoms with Gasteiger partial charge in [0.25, 0.3) is 0 Å². The quantitative estimate of drug-likeness (QED) is 0.443. The van der Waals surface area contributed by atoms with E-state index in [4.69, 9.17) is 23.7 Å². The Morgan fingerprint density at radius 3 is 2.49 bits per heavy atom. The molecule has 4 atom stereocenters. The maximum absolute atomic E-state index is 14.8. The molecule has 1 aliphatic carbocycles. The van der Waals surface area contributed by atoms with Gasteiger partial charge in [0.05, 0.1) is 30.9 Å². The van der Waals surface area contributed by atoms with Crippen molar-refractivity contribution in [2.45, 2.75) is 109 Å². The SMILES string of the molecule is C[C@@H]1CC2(COCC(=O)N2)C(COC2CC=C(c3cccc(F)c3OCC(=O)OC(C)(C)C)CC2)N1C(=O)OC(C)(C)C. The average Bonchev–Trinajstić information content (AvgIpc) is 3.14. The highest BCUT2D eigenvalue weighted by molar-refractivity contribution is 5.79. The number of ether oxygens (including phenoxy) is 5. The summed E-state index contributed by atoms with van der Waals surface area (Å²) < 4.78 is 43.4. The lowest BCUT2D eigenvalue weighted by molar-refractivity contribution is -0.157. The fourth-order valence-electron chi connectivity index (χ4n) is 6.01. The fraction of sp³-hybridized carbons (Fsp3) is 0.656. The lowest BCUT2D eigenvalue weighted by Gasteiger charge is -2.41. The zero-order valence-electron chi connectivity index (χ0n) is 26.3. The molecule has 10 nitrogen and oxygen atoms in total. The Morgan fingerprint density at radius 1 is 1.14 bits per heavy atom. The molecule has 238 valence electrons. The van der Waals surface area contributed by atoms with Crippen LogP contribution in [0.5, 0.6) is 5.75 Å². The molecule has 43 heavy (non-hydrogen) atoms. The van der Waals surface area contributed by atoms with Crippen LogP contribution in [0.25, 0.3) is 5.57 Å². The number of amides is 2. The van der Waals surface area contributed by atoms with Gasteiger partial charge in [0, 0.05) is 11.6 Å². The fourth-order valence-corrected chi connectivity index (χ4v) is 6.01. The van der Waals surface area contributed by atoms with Crippen molar-refractivity contribution in [1.29, 1.82) is 0 Å². The number of carbonyl (C=O) groups is 3. The highest BCUT2D eigenvalue weighted by atomic mass is 19.1. The molecular weight excluding hydrogens is 559 g/mol. The van der Waals surface area contributed by atoms with Gasteiger partial charge in [-0.25, -0.2) is 14.0 Å². The first-order chi connectivity index (χ1) is 20.1. The van der Waals surface area contributed by atoms with Gasteiger partial charge in [0.15, 0.2) is 18.2 Å². The van der Waals surface area contributed by atoms with Gasteiger partial charge in [-0.3, -0.25) is 9.69 Å². The van der Waals surface area contributed by atoms with Crippen LogP contribution >= 0.6 is 0 Å². The van der Waals surface area contributed by atoms with Gasteiger partial charge in [-0.2, -0.15) is 0 Å². The predicted octanol–water partition coefficient (Wildman–Crippen LogP) is 4.78. The maximum atomic E-state index is 14.8. The molecule has 2 aliphatic heterocycles. The van der Waals surface area contributed by atoms with Crippen LogP contribution in [0.15, 0.2) is 24.3 Å². The smallest absolute Gasteiger partial charge is 0.410 e. The summed E-state index contributed by atoms with van der Waals surface area (Å²) in [6, 6.07) is 4.00. The Hall–Kier alpha value is -3.18. The van der Waals surface area contributed by atoms with Crippen LogP contribution in [-0.2, 0) is 28.5 Å². The summed E-state index contributed by atoms with van der Waals surface area (Å²) in [5, 5.41) is 3.09. The average molecular weight is 605 g/mol. The second-order valence-corrected chi connectivity index (χ2v) is 13.6. The molecule has 0 bridgehead atoms. The first kappa shape index (κ1) is 32.7. The number of nitrogens with one attached hydrogen (secondary N) is 1. The normalized spacial score (nSPS) is 26.1. The van der Waals surface area contributed by atoms with E-state index in [0.717, 1.165) is 5.57 Å². The highest BCUT2D eigenvalue weighted by Gasteiger charge is 2.56. The van der Waals surface area contributed by atoms with Crippen LogP contribution in [-0.4, -0.2) is 84.2 Å². The molecule has 1 N–H and O–H groups in total. The number of esters is 1. The van der Waals surface area contributed by atoms with Crippen molar-refractivity contribution in [2.75, 3.05) is 26.4 Å². The predicted molar refractivity (Wildman–Crippen MR) is 157 cm³/mol. The molecule has 11 heteroatoms. The third-order valence-corrected chi connectivity index (χ3v) is 7.61. The molecule has 0 aromatic heterocycles. The molecule has 3 aliphatic rings. The Kier molecular flexibility index (Phi) is 9.76. The first-order valence-corrected chi connectivity index (χ1v) is 14.9. The number of halogens is 1. The highest BCUT2D eigenvalue weighted by Crippen LogP contribution is 2.39. The summed E-state index contributed by atoms with van der Waals surface area (Å²) in [7, 11) is 0. The molecule has 1 spiro atoms. The third kappa shape index (κ3) is 8.26. The second-order valence-electron chi connectivity index (χ2n) is 13.6. The number of morpholine rings is 1. The number of likely N-dealkylation sites (tertiary alicyclic amines) is 1. The van der Waals surface area contributed by atoms with E-state index < -0.39 is 47.3 Å². The molecule has 2 saturated heterocycles. The maximum Gasteiger partial charge on any atom is 0.410 e. The van der Waals surface area contributed by atoms with Crippen molar-refractivity contribution >= 4 is 23.5 Å². The van der Waals surface area contributed by atoms with Gasteiger partial charge < -0.3 is 29.0 Å². The van der Waals surface area contributed by atoms with Crippen molar-refractivity contribution < 1.29 is 42.5 Å². The Bertz CT molecular complexity index is 1240. The zero-order valence-corrected chi connectivity index (χ0v) is 26.3. The minimum absolute atomic E-state index is 0.0157. The Morgan fingerprint density at radius 2 is 1.86 bits per heavy atom. The monoisotopic (exact) mass is 604 g/mol. The van der Waals surface area contributed by atoms with Gasteiger partial charge in [-0.15, -0.1) is 0 Å². The summed E-state index contributed by atoms with van der Waals surface area (Å²) in [6.07, 6.45) is 3.71. The molecule has 1 aromatic rings. The number of para-hydroxylation sites is 1. The molecule has 3 unspecified atom stereocenters. The number of benzene rings is 1. The summed E-state index contributed by atoms with van der Waals surface area (Å²) in [5.74, 6) is -1.34. The molecular formula is C32H45FN2O8. The van der Waals surface area contributed by atoms with Gasteiger partial charge in [0.1, 0.15) is 17.8 Å². The van der Waals surface area contributed by atoms with Gasteiger partial charge in [-0.05, 0) is 85.8 Å². The minimum Gasteiger partial charge on any atom is -0.478 e. The number of hydrogen-bond acceptors (Lipinski definition) is 8. The molecule has 2 fully saturated rings. The van der Waals surface area contributed by atoms with Crippen molar-refractivity contribution in [2.24, 2.45) is 0 Å². The number of hydrogen-bond donors (Lipinski definition) is 1. The lowest BCUT2D eigenvalue weighted by Crippen LogP contribution is -2.65. The van der Waals surface area contributed by atoms with Gasteiger partial charge >= 0.3 is 12.1 Å². The summed E-state index contributed by atoms with van der Waals surface area (Å²) in [6.45, 7) is 12.7. The second kappa shape index (κ2) is 12.8. The van der Waals surface area contributed by atoms with E-state index >= 15 is 0 Å². The van der Waals surface area contributed by atoms with Crippen LogP contribution in [0, 0.1) is 5.82 Å². The van der Waals surface area contributed by atoms with Crippen LogP contribution in [0.2, 0.25) is 0 Å². The van der Waals surface area contributed by atoms with Crippen LogP contribution < -0.4 is 10.1 Å². The largest absolute Gasteiger partial charge is 0.478 e. The summed E-state index contributed by atoms with van der Waals surface area (Å²) in [4.78, 5) is 39.5. The standard InChI is InChI=1S/C32H45FN2O8/c1-20-15-32(19-39-17-26(36)34-32)25(35(20)29(38)43-31(5,6)7)16-40-22-13-11-21(12-14-22)23-9-8-10-24(33)28(23)41-18-27(37)42-30(2,3)4/h8-11,20,22,25H,12-19H2,1-7H3,(H,34,36)/t20-,22?,25?,32?/m1/s1. The molecule has 0 saturated carbocycles. The zero-order chi connectivity index (χ0) is 31.6. The van der Waals surface area contributed by atoms with Crippen LogP contribution in [0.1, 0.15) is 79.7 Å². The lowest BCUT2D eigenvalue weighted by atomic mass is 9.88. The van der Waals surface area contributed by atoms with Crippen molar-refractivity contribution in [3.8, 4) is 5.75 Å². The topological polar surface area (TPSA) is 113 Å². The number of carbonyl (C=O) groups excluding carboxylic acids is 3. The van der Waals surface area contributed by atoms with Crippen molar-refractivity contribution in [1.82, 2.24) is 10.2 Å². The summed E-state index contributed by atoms with van der Waals surface area (Å²) >= 11 is 0. The summed E-state index contributed by atoms with van der Waals surface area (Å²) in [5.41, 5.74) is -0.642. The van der Waals surface area contributed by atoms with E-state index in [0.29, 0.717) is 31.2 Å². The van der Waals surface area contributed by atoms with Crippen LogP contribution in [0.3, 0.4) is 0 Å². The van der Waals surface area contributed by atoms with Gasteiger partial charge in [-0.1, -0.05) is 18.2 Å². The van der Waals surface area contributed by atoms with Crippen molar-refractivity contribution in [3.63, 3.8) is 0 Å². The van der Waals surface area contributed by atoms with E-state index in [1.54, 1.807) is 37.8 Å². The minimum atomic E-state index is -0.775. The van der Waals surface area contributed by atoms with Gasteiger partial charge in [0.2, 0.25) is 5.91 Å². The molecule has 2 amide bonds. The first-order valence-electron chi connectivity index (χ1n) is 14.9. The third-order valence-electron chi connectivity index (χ3n) is 7.61. The molecule has 1 aromatic carbocycles. The van der Waals surface area contributed by atoms with E-state index in [2.05, 4.69) is 5.32 Å². The molecule has 4 rings (SSSR count). The van der Waals surface area contributed by atoms with E-state index in [-0.39, 0.29) is 43.6 Å².